The molecule has 3 rings (SSSR count). The Morgan fingerprint density at radius 2 is 1.56 bits per heavy atom. The van der Waals surface area contributed by atoms with Crippen LogP contribution in [0.2, 0.25) is 0 Å². The zero-order chi connectivity index (χ0) is 17.6. The van der Waals surface area contributed by atoms with Gasteiger partial charge in [-0.3, -0.25) is 0 Å². The van der Waals surface area contributed by atoms with E-state index in [4.69, 9.17) is 0 Å². The first-order chi connectivity index (χ1) is 12.2. The van der Waals surface area contributed by atoms with Crippen molar-refractivity contribution in [3.05, 3.63) is 89.5 Å². The topological polar surface area (TPSA) is 24.1 Å². The molecule has 0 aromatic heterocycles. The zero-order valence-corrected chi connectivity index (χ0v) is 15.2. The minimum Gasteiger partial charge on any atom is -0.379 e. The monoisotopic (exact) mass is 330 g/mol. The van der Waals surface area contributed by atoms with Crippen molar-refractivity contribution in [3.63, 3.8) is 0 Å². The molecule has 0 fully saturated rings. The van der Waals surface area contributed by atoms with Gasteiger partial charge in [-0.2, -0.15) is 0 Å². The molecule has 2 N–H and O–H groups in total. The highest BCUT2D eigenvalue weighted by molar-refractivity contribution is 5.68. The fourth-order valence-electron chi connectivity index (χ4n) is 3.03. The summed E-state index contributed by atoms with van der Waals surface area (Å²) in [5.74, 6) is 0. The largest absolute Gasteiger partial charge is 0.379 e. The van der Waals surface area contributed by atoms with Crippen LogP contribution in [-0.4, -0.2) is 0 Å². The van der Waals surface area contributed by atoms with Crippen LogP contribution >= 0.6 is 0 Å². The number of hydrogen-bond donors (Lipinski definition) is 2. The summed E-state index contributed by atoms with van der Waals surface area (Å²) < 4.78 is 0. The maximum absolute atomic E-state index is 3.61. The molecule has 0 amide bonds. The van der Waals surface area contributed by atoms with Crippen LogP contribution in [0.5, 0.6) is 0 Å². The Balaban J connectivity index is 1.79. The maximum Gasteiger partial charge on any atom is 0.0485 e. The van der Waals surface area contributed by atoms with Gasteiger partial charge in [0.25, 0.3) is 0 Å². The average Bonchev–Trinajstić information content (AvgIpc) is 2.65. The Morgan fingerprint density at radius 1 is 0.840 bits per heavy atom. The third kappa shape index (κ3) is 4.21. The summed E-state index contributed by atoms with van der Waals surface area (Å²) in [7, 11) is 0. The van der Waals surface area contributed by atoms with Gasteiger partial charge in [0.15, 0.2) is 0 Å². The molecule has 1 unspecified atom stereocenters. The first kappa shape index (κ1) is 17.1. The van der Waals surface area contributed by atoms with Crippen molar-refractivity contribution in [3.8, 4) is 0 Å². The lowest BCUT2D eigenvalue weighted by molar-refractivity contribution is 0.884. The van der Waals surface area contributed by atoms with Crippen molar-refractivity contribution in [1.29, 1.82) is 0 Å². The number of aryl methyl sites for hydroxylation is 2. The molecule has 25 heavy (non-hydrogen) atoms. The van der Waals surface area contributed by atoms with E-state index in [0.717, 1.165) is 17.8 Å². The quantitative estimate of drug-likeness (QED) is 0.541. The molecular formula is C23H26N2. The molecule has 2 nitrogen and oxygen atoms in total. The van der Waals surface area contributed by atoms with E-state index in [9.17, 15) is 0 Å². The number of hydrogen-bond acceptors (Lipinski definition) is 2. The highest BCUT2D eigenvalue weighted by atomic mass is 14.9. The predicted octanol–water partition coefficient (Wildman–Crippen LogP) is 6.47. The molecule has 0 aliphatic heterocycles. The van der Waals surface area contributed by atoms with Gasteiger partial charge in [-0.15, -0.1) is 0 Å². The molecule has 3 aromatic rings. The number of para-hydroxylation sites is 1. The van der Waals surface area contributed by atoms with Crippen LogP contribution in [0.4, 0.5) is 17.1 Å². The SMILES string of the molecule is CCc1cc(NC(C)c2ccccc2)ccc1Nc1ccccc1C. The van der Waals surface area contributed by atoms with Gasteiger partial charge in [-0.05, 0) is 61.2 Å². The van der Waals surface area contributed by atoms with E-state index in [0.29, 0.717) is 0 Å². The summed E-state index contributed by atoms with van der Waals surface area (Å²) >= 11 is 0. The molecule has 0 aliphatic rings. The lowest BCUT2D eigenvalue weighted by Crippen LogP contribution is -2.07. The van der Waals surface area contributed by atoms with E-state index in [1.807, 2.05) is 0 Å². The molecule has 0 aliphatic carbocycles. The van der Waals surface area contributed by atoms with Crippen molar-refractivity contribution in [1.82, 2.24) is 0 Å². The lowest BCUT2D eigenvalue weighted by atomic mass is 10.1. The van der Waals surface area contributed by atoms with Crippen LogP contribution in [0.15, 0.2) is 72.8 Å². The Morgan fingerprint density at radius 3 is 2.28 bits per heavy atom. The second kappa shape index (κ2) is 7.89. The van der Waals surface area contributed by atoms with Crippen LogP contribution in [0, 0.1) is 6.92 Å². The van der Waals surface area contributed by atoms with Crippen LogP contribution in [0.1, 0.15) is 36.6 Å². The van der Waals surface area contributed by atoms with E-state index in [2.05, 4.69) is 104 Å². The van der Waals surface area contributed by atoms with Gasteiger partial charge in [0, 0.05) is 23.1 Å². The molecular weight excluding hydrogens is 304 g/mol. The van der Waals surface area contributed by atoms with Gasteiger partial charge < -0.3 is 10.6 Å². The van der Waals surface area contributed by atoms with Gasteiger partial charge in [-0.25, -0.2) is 0 Å². The highest BCUT2D eigenvalue weighted by Crippen LogP contribution is 2.28. The van der Waals surface area contributed by atoms with E-state index in [1.54, 1.807) is 0 Å². The van der Waals surface area contributed by atoms with Crippen LogP contribution < -0.4 is 10.6 Å². The van der Waals surface area contributed by atoms with Crippen LogP contribution in [0.3, 0.4) is 0 Å². The summed E-state index contributed by atoms with van der Waals surface area (Å²) in [4.78, 5) is 0. The van der Waals surface area contributed by atoms with Crippen molar-refractivity contribution in [2.24, 2.45) is 0 Å². The first-order valence-electron chi connectivity index (χ1n) is 8.94. The van der Waals surface area contributed by atoms with Crippen molar-refractivity contribution >= 4 is 17.1 Å². The molecule has 0 heterocycles. The summed E-state index contributed by atoms with van der Waals surface area (Å²) in [6, 6.07) is 25.8. The zero-order valence-electron chi connectivity index (χ0n) is 15.2. The molecule has 3 aromatic carbocycles. The smallest absolute Gasteiger partial charge is 0.0485 e. The Kier molecular flexibility index (Phi) is 5.39. The van der Waals surface area contributed by atoms with Gasteiger partial charge in [0.05, 0.1) is 0 Å². The fourth-order valence-corrected chi connectivity index (χ4v) is 3.03. The second-order valence-corrected chi connectivity index (χ2v) is 6.44. The fraction of sp³-hybridized carbons (Fsp3) is 0.217. The number of rotatable bonds is 6. The normalized spacial score (nSPS) is 11.8. The summed E-state index contributed by atoms with van der Waals surface area (Å²) in [6.45, 7) is 6.52. The average molecular weight is 330 g/mol. The molecule has 0 radical (unpaired) electrons. The van der Waals surface area contributed by atoms with E-state index >= 15 is 0 Å². The molecule has 128 valence electrons. The minimum atomic E-state index is 0.279. The molecule has 0 spiro atoms. The third-order valence-electron chi connectivity index (χ3n) is 4.58. The van der Waals surface area contributed by atoms with Gasteiger partial charge in [-0.1, -0.05) is 55.5 Å². The van der Waals surface area contributed by atoms with E-state index < -0.39 is 0 Å². The molecule has 0 saturated heterocycles. The maximum atomic E-state index is 3.61. The Hall–Kier alpha value is -2.74. The van der Waals surface area contributed by atoms with Crippen LogP contribution in [-0.2, 0) is 6.42 Å². The summed E-state index contributed by atoms with van der Waals surface area (Å²) in [5, 5.41) is 7.18. The molecule has 0 saturated carbocycles. The predicted molar refractivity (Wildman–Crippen MR) is 109 cm³/mol. The second-order valence-electron chi connectivity index (χ2n) is 6.44. The van der Waals surface area contributed by atoms with Gasteiger partial charge in [0.1, 0.15) is 0 Å². The first-order valence-corrected chi connectivity index (χ1v) is 8.94. The number of nitrogens with one attached hydrogen (secondary N) is 2. The summed E-state index contributed by atoms with van der Waals surface area (Å²) in [6.07, 6.45) is 0.990. The Labute approximate surface area is 150 Å². The molecule has 2 heteroatoms. The Bertz CT molecular complexity index is 825. The lowest BCUT2D eigenvalue weighted by Gasteiger charge is -2.18. The minimum absolute atomic E-state index is 0.279. The summed E-state index contributed by atoms with van der Waals surface area (Å²) in [5.41, 5.74) is 7.36. The van der Waals surface area contributed by atoms with Crippen molar-refractivity contribution < 1.29 is 0 Å². The van der Waals surface area contributed by atoms with E-state index in [-0.39, 0.29) is 6.04 Å². The van der Waals surface area contributed by atoms with Crippen molar-refractivity contribution in [2.45, 2.75) is 33.2 Å². The molecule has 1 atom stereocenters. The van der Waals surface area contributed by atoms with Crippen LogP contribution in [0.25, 0.3) is 0 Å². The van der Waals surface area contributed by atoms with Crippen molar-refractivity contribution in [2.75, 3.05) is 10.6 Å². The van der Waals surface area contributed by atoms with Gasteiger partial charge >= 0.3 is 0 Å². The highest BCUT2D eigenvalue weighted by Gasteiger charge is 2.08. The number of benzene rings is 3. The van der Waals surface area contributed by atoms with Gasteiger partial charge in [0.2, 0.25) is 0 Å². The molecule has 0 bridgehead atoms. The third-order valence-corrected chi connectivity index (χ3v) is 4.58. The van der Waals surface area contributed by atoms with E-state index in [1.165, 1.54) is 22.4 Å². The number of anilines is 3. The standard InChI is InChI=1S/C23H26N2/c1-4-19-16-21(24-18(3)20-11-6-5-7-12-20)14-15-23(19)25-22-13-9-8-10-17(22)2/h5-16,18,24-25H,4H2,1-3H3.